The zero-order valence-corrected chi connectivity index (χ0v) is 29.1. The normalized spacial score (nSPS) is 11.6. The number of nitrogens with zero attached hydrogens (tertiary/aromatic N) is 1. The quantitative estimate of drug-likeness (QED) is 0.173. The topological polar surface area (TPSA) is 18.1 Å². The molecule has 2 heterocycles. The molecule has 0 fully saturated rings. The summed E-state index contributed by atoms with van der Waals surface area (Å²) in [5.41, 5.74) is 14.8. The molecule has 0 aliphatic carbocycles. The highest BCUT2D eigenvalue weighted by atomic mass is 79.9. The second kappa shape index (κ2) is 12.0. The number of para-hydroxylation sites is 1. The van der Waals surface area contributed by atoms with Gasteiger partial charge in [0.2, 0.25) is 0 Å². The van der Waals surface area contributed by atoms with E-state index in [0.717, 1.165) is 37.7 Å². The van der Waals surface area contributed by atoms with Crippen molar-refractivity contribution in [2.45, 2.75) is 0 Å². The van der Waals surface area contributed by atoms with Gasteiger partial charge in [-0.05, 0) is 117 Å². The van der Waals surface area contributed by atoms with Crippen LogP contribution in [0.25, 0.3) is 93.9 Å². The fourth-order valence-electron chi connectivity index (χ4n) is 7.61. The molecule has 10 rings (SSSR count). The van der Waals surface area contributed by atoms with Gasteiger partial charge in [0.15, 0.2) is 0 Å². The smallest absolute Gasteiger partial charge is 0.136 e. The van der Waals surface area contributed by atoms with E-state index in [1.165, 1.54) is 60.8 Å². The second-order valence-electron chi connectivity index (χ2n) is 13.1. The Balaban J connectivity index is 1.12. The Kier molecular flexibility index (Phi) is 7.00. The van der Waals surface area contributed by atoms with Crippen LogP contribution in [0.1, 0.15) is 0 Å². The van der Waals surface area contributed by atoms with Crippen LogP contribution >= 0.6 is 15.9 Å². The third-order valence-electron chi connectivity index (χ3n) is 10.0. The zero-order valence-electron chi connectivity index (χ0n) is 27.6. The Morgan fingerprint density at radius 3 is 1.67 bits per heavy atom. The number of aromatic nitrogens is 1. The van der Waals surface area contributed by atoms with Crippen molar-refractivity contribution in [2.24, 2.45) is 0 Å². The molecule has 0 radical (unpaired) electrons. The molecule has 8 aromatic carbocycles. The van der Waals surface area contributed by atoms with Gasteiger partial charge in [-0.25, -0.2) is 0 Å². The van der Waals surface area contributed by atoms with Crippen LogP contribution in [-0.4, -0.2) is 4.57 Å². The molecule has 0 aliphatic heterocycles. The van der Waals surface area contributed by atoms with Gasteiger partial charge in [-0.1, -0.05) is 125 Å². The first-order valence-electron chi connectivity index (χ1n) is 17.2. The lowest BCUT2D eigenvalue weighted by Gasteiger charge is -2.14. The summed E-state index contributed by atoms with van der Waals surface area (Å²) in [6, 6.07) is 65.4. The maximum atomic E-state index is 6.17. The van der Waals surface area contributed by atoms with E-state index in [4.69, 9.17) is 4.42 Å². The van der Waals surface area contributed by atoms with Gasteiger partial charge in [0, 0.05) is 31.7 Å². The Labute approximate surface area is 304 Å². The van der Waals surface area contributed by atoms with E-state index in [9.17, 15) is 0 Å². The van der Waals surface area contributed by atoms with E-state index in [-0.39, 0.29) is 0 Å². The number of furan rings is 1. The van der Waals surface area contributed by atoms with E-state index in [0.29, 0.717) is 0 Å². The molecule has 0 atom stereocenters. The van der Waals surface area contributed by atoms with E-state index in [1.807, 2.05) is 12.1 Å². The zero-order chi connectivity index (χ0) is 33.9. The molecule has 0 N–H and O–H groups in total. The van der Waals surface area contributed by atoms with Crippen LogP contribution in [-0.2, 0) is 0 Å². The average molecular weight is 717 g/mol. The SMILES string of the molecule is Brc1cccc2oc3ccc(-c4ccc5c(c4)c4ccccc4n5-c4cccc(-c5cc(-c6ccccc6)cc(-c6ccccc6)c5)c4)cc3c12. The van der Waals surface area contributed by atoms with Crippen LogP contribution in [0, 0.1) is 0 Å². The average Bonchev–Trinajstić information content (AvgIpc) is 3.74. The van der Waals surface area contributed by atoms with Gasteiger partial charge < -0.3 is 8.98 Å². The number of hydrogen-bond donors (Lipinski definition) is 0. The van der Waals surface area contributed by atoms with Crippen molar-refractivity contribution in [1.29, 1.82) is 0 Å². The molecule has 2 nitrogen and oxygen atoms in total. The van der Waals surface area contributed by atoms with E-state index in [2.05, 4.69) is 190 Å². The van der Waals surface area contributed by atoms with Crippen LogP contribution in [0.3, 0.4) is 0 Å². The summed E-state index contributed by atoms with van der Waals surface area (Å²) in [6.07, 6.45) is 0. The highest BCUT2D eigenvalue weighted by Crippen LogP contribution is 2.40. The van der Waals surface area contributed by atoms with Crippen molar-refractivity contribution in [3.05, 3.63) is 186 Å². The van der Waals surface area contributed by atoms with Crippen LogP contribution in [0.15, 0.2) is 191 Å². The Hall–Kier alpha value is -6.16. The molecule has 0 unspecified atom stereocenters. The van der Waals surface area contributed by atoms with Crippen molar-refractivity contribution in [3.8, 4) is 50.2 Å². The third kappa shape index (κ3) is 5.09. The lowest BCUT2D eigenvalue weighted by atomic mass is 9.93. The van der Waals surface area contributed by atoms with E-state index < -0.39 is 0 Å². The largest absolute Gasteiger partial charge is 0.456 e. The summed E-state index contributed by atoms with van der Waals surface area (Å²) in [6.45, 7) is 0. The van der Waals surface area contributed by atoms with E-state index >= 15 is 0 Å². The predicted octanol–water partition coefficient (Wildman–Crippen LogP) is 14.1. The summed E-state index contributed by atoms with van der Waals surface area (Å²) in [7, 11) is 0. The van der Waals surface area contributed by atoms with Gasteiger partial charge in [-0.3, -0.25) is 0 Å². The number of hydrogen-bond acceptors (Lipinski definition) is 1. The van der Waals surface area contributed by atoms with Crippen molar-refractivity contribution >= 4 is 59.7 Å². The van der Waals surface area contributed by atoms with Crippen molar-refractivity contribution in [1.82, 2.24) is 4.57 Å². The first-order valence-corrected chi connectivity index (χ1v) is 18.0. The molecule has 0 bridgehead atoms. The highest BCUT2D eigenvalue weighted by molar-refractivity contribution is 9.10. The minimum atomic E-state index is 0.889. The molecule has 0 spiro atoms. The first-order chi connectivity index (χ1) is 25.2. The number of fused-ring (bicyclic) bond motifs is 6. The molecular weight excluding hydrogens is 686 g/mol. The monoisotopic (exact) mass is 715 g/mol. The number of benzene rings is 8. The van der Waals surface area contributed by atoms with Gasteiger partial charge in [0.1, 0.15) is 11.2 Å². The van der Waals surface area contributed by atoms with Crippen LogP contribution in [0.5, 0.6) is 0 Å². The predicted molar refractivity (Wildman–Crippen MR) is 218 cm³/mol. The van der Waals surface area contributed by atoms with E-state index in [1.54, 1.807) is 0 Å². The summed E-state index contributed by atoms with van der Waals surface area (Å²) in [5.74, 6) is 0. The molecule has 3 heteroatoms. The van der Waals surface area contributed by atoms with Gasteiger partial charge in [0.05, 0.1) is 11.0 Å². The standard InChI is InChI=1S/C48H30BrNO/c49-43-18-10-20-47-48(43)42-30-35(22-24-46(42)51-47)34-21-23-45-41(29-34)40-17-7-8-19-44(40)50(45)39-16-9-15-33(28-39)38-26-36(31-11-3-1-4-12-31)25-37(27-38)32-13-5-2-6-14-32/h1-30H. The van der Waals surface area contributed by atoms with Crippen LogP contribution < -0.4 is 0 Å². The fraction of sp³-hybridized carbons (Fsp3) is 0. The minimum absolute atomic E-state index is 0.889. The van der Waals surface area contributed by atoms with Gasteiger partial charge >= 0.3 is 0 Å². The van der Waals surface area contributed by atoms with Crippen LogP contribution in [0.2, 0.25) is 0 Å². The molecule has 0 saturated heterocycles. The second-order valence-corrected chi connectivity index (χ2v) is 13.9. The number of rotatable bonds is 5. The molecule has 2 aromatic heterocycles. The highest BCUT2D eigenvalue weighted by Gasteiger charge is 2.16. The lowest BCUT2D eigenvalue weighted by Crippen LogP contribution is -1.94. The first kappa shape index (κ1) is 29.7. The molecule has 0 aliphatic rings. The van der Waals surface area contributed by atoms with Crippen molar-refractivity contribution < 1.29 is 4.42 Å². The molecule has 51 heavy (non-hydrogen) atoms. The van der Waals surface area contributed by atoms with Crippen LogP contribution in [0.4, 0.5) is 0 Å². The number of halogens is 1. The lowest BCUT2D eigenvalue weighted by molar-refractivity contribution is 0.669. The summed E-state index contributed by atoms with van der Waals surface area (Å²) < 4.78 is 9.62. The third-order valence-corrected chi connectivity index (χ3v) is 10.7. The molecular formula is C48H30BrNO. The van der Waals surface area contributed by atoms with Gasteiger partial charge in [0.25, 0.3) is 0 Å². The molecule has 0 saturated carbocycles. The van der Waals surface area contributed by atoms with Gasteiger partial charge in [-0.15, -0.1) is 0 Å². The Bertz CT molecular complexity index is 2860. The maximum Gasteiger partial charge on any atom is 0.136 e. The van der Waals surface area contributed by atoms with Gasteiger partial charge in [-0.2, -0.15) is 0 Å². The minimum Gasteiger partial charge on any atom is -0.456 e. The molecule has 10 aromatic rings. The fourth-order valence-corrected chi connectivity index (χ4v) is 8.17. The Morgan fingerprint density at radius 1 is 0.353 bits per heavy atom. The maximum absolute atomic E-state index is 6.17. The molecule has 240 valence electrons. The summed E-state index contributed by atoms with van der Waals surface area (Å²) in [4.78, 5) is 0. The van der Waals surface area contributed by atoms with Crippen molar-refractivity contribution in [3.63, 3.8) is 0 Å². The Morgan fingerprint density at radius 2 is 0.922 bits per heavy atom. The molecule has 0 amide bonds. The van der Waals surface area contributed by atoms with Crippen molar-refractivity contribution in [2.75, 3.05) is 0 Å². The summed E-state index contributed by atoms with van der Waals surface area (Å²) in [5, 5.41) is 4.68. The summed E-state index contributed by atoms with van der Waals surface area (Å²) >= 11 is 3.75.